The summed E-state index contributed by atoms with van der Waals surface area (Å²) in [5, 5.41) is 0. The van der Waals surface area contributed by atoms with Gasteiger partial charge >= 0.3 is 23.9 Å². The van der Waals surface area contributed by atoms with Crippen LogP contribution in [0.3, 0.4) is 0 Å². The van der Waals surface area contributed by atoms with Crippen molar-refractivity contribution in [1.29, 1.82) is 0 Å². The Bertz CT molecular complexity index is 2800. The summed E-state index contributed by atoms with van der Waals surface area (Å²) in [6.07, 6.45) is 10.8. The fourth-order valence-electron chi connectivity index (χ4n) is 7.72. The van der Waals surface area contributed by atoms with Crippen LogP contribution in [0.15, 0.2) is 141 Å². The summed E-state index contributed by atoms with van der Waals surface area (Å²) in [6.45, 7) is 10.4. The van der Waals surface area contributed by atoms with Crippen molar-refractivity contribution in [2.75, 3.05) is 60.0 Å². The summed E-state index contributed by atoms with van der Waals surface area (Å²) in [7, 11) is 1.62. The highest BCUT2D eigenvalue weighted by atomic mass is 16.6. The fourth-order valence-corrected chi connectivity index (χ4v) is 7.72. The summed E-state index contributed by atoms with van der Waals surface area (Å²) < 4.78 is 50.2. The van der Waals surface area contributed by atoms with E-state index in [1.165, 1.54) is 12.2 Å². The molecule has 0 saturated carbocycles. The minimum absolute atomic E-state index is 0.155. The van der Waals surface area contributed by atoms with Gasteiger partial charge in [0.25, 0.3) is 0 Å². The van der Waals surface area contributed by atoms with Crippen molar-refractivity contribution < 1.29 is 61.8 Å². The number of unbranched alkanes of at least 4 members (excludes halogenated alkanes) is 6. The number of hydrogen-bond acceptors (Lipinski definition) is 15. The van der Waals surface area contributed by atoms with Crippen LogP contribution < -0.4 is 23.7 Å². The van der Waals surface area contributed by atoms with Crippen molar-refractivity contribution in [3.8, 4) is 51.3 Å². The van der Waals surface area contributed by atoms with E-state index < -0.39 is 17.9 Å². The number of esters is 4. The molecule has 0 atom stereocenters. The maximum Gasteiger partial charge on any atom is 0.330 e. The van der Waals surface area contributed by atoms with Gasteiger partial charge in [0.15, 0.2) is 0 Å². The van der Waals surface area contributed by atoms with Gasteiger partial charge in [0.2, 0.25) is 0 Å². The molecule has 15 nitrogen and oxygen atoms in total. The van der Waals surface area contributed by atoms with Crippen LogP contribution in [-0.4, -0.2) is 93.8 Å². The van der Waals surface area contributed by atoms with Crippen LogP contribution in [0.25, 0.3) is 33.5 Å². The molecule has 0 spiro atoms. The molecule has 0 amide bonds. The Hall–Kier alpha value is -7.88. The van der Waals surface area contributed by atoms with Gasteiger partial charge < -0.3 is 42.6 Å². The number of carbonyl (C=O) groups excluding carboxylic acids is 4. The Morgan fingerprint density at radius 3 is 1.38 bits per heavy atom. The molecule has 0 aliphatic carbocycles. The van der Waals surface area contributed by atoms with Crippen molar-refractivity contribution >= 4 is 34.9 Å². The van der Waals surface area contributed by atoms with Crippen LogP contribution >= 0.6 is 0 Å². The number of benzene rings is 5. The van der Waals surface area contributed by atoms with E-state index in [2.05, 4.69) is 13.2 Å². The number of ether oxygens (including phenoxy) is 9. The Morgan fingerprint density at radius 1 is 0.447 bits per heavy atom. The average molecular weight is 1040 g/mol. The van der Waals surface area contributed by atoms with E-state index in [9.17, 15) is 19.2 Å². The van der Waals surface area contributed by atoms with Crippen LogP contribution in [0.5, 0.6) is 28.7 Å². The molecule has 6 rings (SSSR count). The second kappa shape index (κ2) is 32.4. The van der Waals surface area contributed by atoms with Crippen molar-refractivity contribution in [3.63, 3.8) is 0 Å². The monoisotopic (exact) mass is 1040 g/mol. The molecule has 0 aliphatic rings. The molecule has 0 bridgehead atoms. The third-order valence-corrected chi connectivity index (χ3v) is 11.8. The molecule has 0 saturated heterocycles. The Labute approximate surface area is 445 Å². The number of rotatable bonds is 35. The molecule has 0 N–H and O–H groups in total. The second-order valence-corrected chi connectivity index (χ2v) is 17.6. The van der Waals surface area contributed by atoms with Gasteiger partial charge in [0.05, 0.1) is 68.7 Å². The minimum Gasteiger partial charge on any atom is -0.494 e. The number of nitrogens with zero attached hydrogens (tertiary/aromatic N) is 2. The first-order valence-corrected chi connectivity index (χ1v) is 25.8. The SMILES string of the molecule is C=CC(=O)OCCCCCCOc1ccc(CCC(=O)Oc2cccc(-c3nc4ccc(OCCOCCOC)cc4nc3-c3cccc(OC(=O)CCc4ccc(OCCCCCCOC(=O)C=C)cc4)c3)c2)cc1. The van der Waals surface area contributed by atoms with Crippen molar-refractivity contribution in [3.05, 3.63) is 152 Å². The van der Waals surface area contributed by atoms with Crippen molar-refractivity contribution in [2.45, 2.75) is 77.0 Å². The quantitative estimate of drug-likeness (QED) is 0.0159. The van der Waals surface area contributed by atoms with E-state index in [0.717, 1.165) is 74.0 Å². The Balaban J connectivity index is 1.06. The summed E-state index contributed by atoms with van der Waals surface area (Å²) in [4.78, 5) is 59.0. The molecule has 1 aromatic heterocycles. The van der Waals surface area contributed by atoms with Crippen molar-refractivity contribution in [2.24, 2.45) is 0 Å². The topological polar surface area (TPSA) is 177 Å². The van der Waals surface area contributed by atoms with E-state index in [-0.39, 0.29) is 18.8 Å². The molecule has 76 heavy (non-hydrogen) atoms. The van der Waals surface area contributed by atoms with Gasteiger partial charge in [-0.1, -0.05) is 61.7 Å². The molecule has 0 aliphatic heterocycles. The lowest BCUT2D eigenvalue weighted by molar-refractivity contribution is -0.138. The van der Waals surface area contributed by atoms with E-state index in [1.807, 2.05) is 78.9 Å². The lowest BCUT2D eigenvalue weighted by Gasteiger charge is -2.14. The standard InChI is InChI=1S/C61H68N2O13/c1-4-56(64)73-36-12-8-6-10-34-70-49-26-20-45(21-27-49)24-32-58(66)75-52-18-14-16-47(42-52)60-61(63-55-44-51(30-31-54(55)62-60)72-41-40-69-39-38-68-3)48-17-15-19-53(43-48)76-59(67)33-25-46-22-28-50(29-23-46)71-35-11-7-9-13-37-74-57(65)5-2/h4-5,14-23,26-31,42-44H,1-2,6-13,24-25,32-41H2,3H3. The largest absolute Gasteiger partial charge is 0.494 e. The van der Waals surface area contributed by atoms with Crippen LogP contribution in [0.1, 0.15) is 75.3 Å². The van der Waals surface area contributed by atoms with E-state index in [4.69, 9.17) is 52.6 Å². The van der Waals surface area contributed by atoms with Crippen LogP contribution in [0, 0.1) is 0 Å². The Kier molecular flexibility index (Phi) is 24.5. The van der Waals surface area contributed by atoms with Gasteiger partial charge in [0, 0.05) is 49.3 Å². The lowest BCUT2D eigenvalue weighted by atomic mass is 10.0. The third kappa shape index (κ3) is 20.4. The number of methoxy groups -OCH3 is 1. The zero-order valence-electron chi connectivity index (χ0n) is 43.4. The molecule has 1 heterocycles. The van der Waals surface area contributed by atoms with Gasteiger partial charge in [-0.3, -0.25) is 9.59 Å². The summed E-state index contributed by atoms with van der Waals surface area (Å²) >= 11 is 0. The van der Waals surface area contributed by atoms with Crippen LogP contribution in [0.2, 0.25) is 0 Å². The number of aromatic nitrogens is 2. The maximum absolute atomic E-state index is 13.2. The predicted octanol–water partition coefficient (Wildman–Crippen LogP) is 11.4. The van der Waals surface area contributed by atoms with Gasteiger partial charge in [-0.05, 0) is 136 Å². The normalized spacial score (nSPS) is 10.9. The van der Waals surface area contributed by atoms with Gasteiger partial charge in [0.1, 0.15) is 35.4 Å². The van der Waals surface area contributed by atoms with Crippen LogP contribution in [0.4, 0.5) is 0 Å². The number of hydrogen-bond donors (Lipinski definition) is 0. The number of aryl methyl sites for hydroxylation is 2. The smallest absolute Gasteiger partial charge is 0.330 e. The first-order chi connectivity index (χ1) is 37.2. The molecule has 6 aromatic rings. The summed E-state index contributed by atoms with van der Waals surface area (Å²) in [5.74, 6) is 1.22. The number of carbonyl (C=O) groups is 4. The fraction of sp³-hybridized carbons (Fsp3) is 0.344. The second-order valence-electron chi connectivity index (χ2n) is 17.6. The molecule has 0 fully saturated rings. The van der Waals surface area contributed by atoms with Gasteiger partial charge in [-0.2, -0.15) is 0 Å². The van der Waals surface area contributed by atoms with Gasteiger partial charge in [-0.15, -0.1) is 0 Å². The highest BCUT2D eigenvalue weighted by Gasteiger charge is 2.18. The minimum atomic E-state index is -0.401. The van der Waals surface area contributed by atoms with Crippen LogP contribution in [-0.2, 0) is 51.0 Å². The zero-order valence-corrected chi connectivity index (χ0v) is 43.4. The highest BCUT2D eigenvalue weighted by molar-refractivity contribution is 5.88. The Morgan fingerprint density at radius 2 is 0.895 bits per heavy atom. The first kappa shape index (κ1) is 57.4. The molecular formula is C61H68N2O13. The summed E-state index contributed by atoms with van der Waals surface area (Å²) in [5.41, 5.74) is 5.48. The summed E-state index contributed by atoms with van der Waals surface area (Å²) in [6, 6.07) is 35.2. The highest BCUT2D eigenvalue weighted by Crippen LogP contribution is 2.35. The number of fused-ring (bicyclic) bond motifs is 1. The van der Waals surface area contributed by atoms with E-state index in [1.54, 1.807) is 43.5 Å². The average Bonchev–Trinajstić information content (AvgIpc) is 3.48. The van der Waals surface area contributed by atoms with E-state index >= 15 is 0 Å². The molecule has 0 radical (unpaired) electrons. The van der Waals surface area contributed by atoms with Gasteiger partial charge in [-0.25, -0.2) is 19.6 Å². The molecule has 5 aromatic carbocycles. The lowest BCUT2D eigenvalue weighted by Crippen LogP contribution is -2.10. The zero-order chi connectivity index (χ0) is 53.6. The van der Waals surface area contributed by atoms with Crippen molar-refractivity contribution in [1.82, 2.24) is 9.97 Å². The maximum atomic E-state index is 13.2. The molecule has 0 unspecified atom stereocenters. The van der Waals surface area contributed by atoms with E-state index in [0.29, 0.717) is 116 Å². The molecule has 400 valence electrons. The first-order valence-electron chi connectivity index (χ1n) is 25.8. The predicted molar refractivity (Wildman–Crippen MR) is 290 cm³/mol. The third-order valence-electron chi connectivity index (χ3n) is 11.8. The molecular weight excluding hydrogens is 969 g/mol. The molecule has 15 heteroatoms.